The molecule has 0 radical (unpaired) electrons. The summed E-state index contributed by atoms with van der Waals surface area (Å²) in [7, 11) is 1.90. The van der Waals surface area contributed by atoms with Crippen molar-refractivity contribution < 1.29 is 0 Å². The first-order valence-corrected chi connectivity index (χ1v) is 12.5. The minimum Gasteiger partial charge on any atom is -0.356 e. The van der Waals surface area contributed by atoms with Crippen molar-refractivity contribution in [2.24, 2.45) is 10.9 Å². The maximum atomic E-state index is 4.72. The lowest BCUT2D eigenvalue weighted by Gasteiger charge is -2.34. The average Bonchev–Trinajstić information content (AvgIpc) is 3.51. The van der Waals surface area contributed by atoms with Gasteiger partial charge < -0.3 is 15.5 Å². The lowest BCUT2D eigenvalue weighted by atomic mass is 9.97. The highest BCUT2D eigenvalue weighted by Gasteiger charge is 2.32. The number of rotatable bonds is 7. The van der Waals surface area contributed by atoms with Crippen LogP contribution in [0, 0.1) is 5.92 Å². The summed E-state index contributed by atoms with van der Waals surface area (Å²) in [5, 5.41) is 10.8. The molecule has 1 aliphatic carbocycles. The maximum Gasteiger partial charge on any atom is 0.191 e. The molecule has 0 atom stereocenters. The first-order chi connectivity index (χ1) is 14.2. The van der Waals surface area contributed by atoms with Crippen LogP contribution in [0.15, 0.2) is 10.4 Å². The quantitative estimate of drug-likeness (QED) is 0.312. The van der Waals surface area contributed by atoms with Gasteiger partial charge in [0.1, 0.15) is 0 Å². The van der Waals surface area contributed by atoms with E-state index in [0.29, 0.717) is 6.04 Å². The Kier molecular flexibility index (Phi) is 9.65. The second-order valence-electron chi connectivity index (χ2n) is 8.94. The smallest absolute Gasteiger partial charge is 0.191 e. The van der Waals surface area contributed by atoms with Gasteiger partial charge in [-0.05, 0) is 64.0 Å². The van der Waals surface area contributed by atoms with E-state index in [9.17, 15) is 0 Å². The molecule has 2 aliphatic heterocycles. The van der Waals surface area contributed by atoms with E-state index in [-0.39, 0.29) is 24.0 Å². The molecule has 2 saturated heterocycles. The molecule has 1 aromatic rings. The van der Waals surface area contributed by atoms with E-state index in [1.54, 1.807) is 11.3 Å². The Hall–Kier alpha value is -0.450. The zero-order valence-electron chi connectivity index (χ0n) is 18.6. The maximum absolute atomic E-state index is 4.72. The normalized spacial score (nSPS) is 22.7. The summed E-state index contributed by atoms with van der Waals surface area (Å²) in [6, 6.07) is 1.48. The summed E-state index contributed by atoms with van der Waals surface area (Å²) in [5.41, 5.74) is 1.25. The molecular formula is C22H39IN6S. The van der Waals surface area contributed by atoms with Gasteiger partial charge in [0.2, 0.25) is 0 Å². The number of hydrogen-bond donors (Lipinski definition) is 2. The number of likely N-dealkylation sites (tertiary alicyclic amines) is 2. The average molecular weight is 547 g/mol. The fourth-order valence-corrected chi connectivity index (χ4v) is 5.38. The van der Waals surface area contributed by atoms with Crippen LogP contribution >= 0.6 is 35.3 Å². The Labute approximate surface area is 203 Å². The Morgan fingerprint density at radius 3 is 2.47 bits per heavy atom. The van der Waals surface area contributed by atoms with E-state index >= 15 is 0 Å². The molecule has 2 N–H and O–H groups in total. The van der Waals surface area contributed by atoms with Gasteiger partial charge in [0.15, 0.2) is 5.96 Å². The fourth-order valence-electron chi connectivity index (χ4n) is 4.64. The van der Waals surface area contributed by atoms with Crippen LogP contribution in [-0.2, 0) is 13.0 Å². The van der Waals surface area contributed by atoms with Crippen LogP contribution in [0.2, 0.25) is 0 Å². The van der Waals surface area contributed by atoms with Crippen molar-refractivity contribution in [3.8, 4) is 0 Å². The van der Waals surface area contributed by atoms with Crippen molar-refractivity contribution in [3.05, 3.63) is 16.1 Å². The molecule has 6 nitrogen and oxygen atoms in total. The van der Waals surface area contributed by atoms with E-state index in [1.807, 2.05) is 7.05 Å². The third-order valence-electron chi connectivity index (χ3n) is 6.71. The molecule has 170 valence electrons. The number of piperidine rings is 2. The summed E-state index contributed by atoms with van der Waals surface area (Å²) in [5.74, 6) is 1.73. The first-order valence-electron chi connectivity index (χ1n) is 11.6. The number of halogens is 1. The molecule has 8 heteroatoms. The number of nitrogens with one attached hydrogen (secondary N) is 2. The molecule has 3 heterocycles. The summed E-state index contributed by atoms with van der Waals surface area (Å²) >= 11 is 1.80. The largest absolute Gasteiger partial charge is 0.356 e. The molecule has 0 aromatic carbocycles. The Balaban J connectivity index is 0.00000256. The van der Waals surface area contributed by atoms with Gasteiger partial charge >= 0.3 is 0 Å². The van der Waals surface area contributed by atoms with Crippen LogP contribution in [-0.4, -0.2) is 72.6 Å². The molecule has 1 aromatic heterocycles. The van der Waals surface area contributed by atoms with E-state index in [0.717, 1.165) is 37.4 Å². The molecule has 4 rings (SSSR count). The zero-order chi connectivity index (χ0) is 20.1. The van der Waals surface area contributed by atoms with Gasteiger partial charge in [-0.25, -0.2) is 4.98 Å². The predicted octanol–water partition coefficient (Wildman–Crippen LogP) is 3.33. The highest BCUT2D eigenvalue weighted by Crippen LogP contribution is 2.29. The number of aromatic nitrogens is 1. The Morgan fingerprint density at radius 2 is 1.87 bits per heavy atom. The third-order valence-corrected chi connectivity index (χ3v) is 7.75. The van der Waals surface area contributed by atoms with Crippen LogP contribution < -0.4 is 10.6 Å². The fraction of sp³-hybridized carbons (Fsp3) is 0.818. The molecule has 0 unspecified atom stereocenters. The predicted molar refractivity (Wildman–Crippen MR) is 137 cm³/mol. The summed E-state index contributed by atoms with van der Waals surface area (Å²) in [6.45, 7) is 9.08. The topological polar surface area (TPSA) is 55.8 Å². The highest BCUT2D eigenvalue weighted by atomic mass is 127. The number of aryl methyl sites for hydroxylation is 1. The van der Waals surface area contributed by atoms with E-state index in [2.05, 4.69) is 37.7 Å². The van der Waals surface area contributed by atoms with Gasteiger partial charge in [-0.1, -0.05) is 6.92 Å². The van der Waals surface area contributed by atoms with Crippen molar-refractivity contribution in [1.82, 2.24) is 25.4 Å². The summed E-state index contributed by atoms with van der Waals surface area (Å²) in [6.07, 6.45) is 8.89. The lowest BCUT2D eigenvalue weighted by Crippen LogP contribution is -2.50. The van der Waals surface area contributed by atoms with Crippen molar-refractivity contribution >= 4 is 41.3 Å². The van der Waals surface area contributed by atoms with Gasteiger partial charge in [-0.2, -0.15) is 0 Å². The SMILES string of the molecule is CCc1nc(CN2CCC(CNC(=NC)NC3CCN(C4CC4)CC3)CC2)cs1.I. The molecular weight excluding hydrogens is 507 g/mol. The van der Waals surface area contributed by atoms with Gasteiger partial charge in [-0.15, -0.1) is 35.3 Å². The van der Waals surface area contributed by atoms with E-state index in [4.69, 9.17) is 4.98 Å². The second-order valence-corrected chi connectivity index (χ2v) is 9.89. The minimum atomic E-state index is 0. The summed E-state index contributed by atoms with van der Waals surface area (Å²) < 4.78 is 0. The summed E-state index contributed by atoms with van der Waals surface area (Å²) in [4.78, 5) is 14.4. The van der Waals surface area contributed by atoms with Gasteiger partial charge in [-0.3, -0.25) is 9.89 Å². The molecule has 30 heavy (non-hydrogen) atoms. The lowest BCUT2D eigenvalue weighted by molar-refractivity contribution is 0.176. The Morgan fingerprint density at radius 1 is 1.13 bits per heavy atom. The molecule has 1 saturated carbocycles. The van der Waals surface area contributed by atoms with Crippen LogP contribution in [0.4, 0.5) is 0 Å². The number of hydrogen-bond acceptors (Lipinski definition) is 5. The number of nitrogens with zero attached hydrogens (tertiary/aromatic N) is 4. The third kappa shape index (κ3) is 7.03. The first kappa shape index (κ1) is 24.2. The van der Waals surface area contributed by atoms with Gasteiger partial charge in [0, 0.05) is 50.7 Å². The van der Waals surface area contributed by atoms with Crippen molar-refractivity contribution in [1.29, 1.82) is 0 Å². The van der Waals surface area contributed by atoms with Gasteiger partial charge in [0.25, 0.3) is 0 Å². The number of aliphatic imine (C=N–C) groups is 1. The van der Waals surface area contributed by atoms with Crippen molar-refractivity contribution in [3.63, 3.8) is 0 Å². The monoisotopic (exact) mass is 546 g/mol. The molecule has 3 fully saturated rings. The van der Waals surface area contributed by atoms with Crippen LogP contribution in [0.3, 0.4) is 0 Å². The van der Waals surface area contributed by atoms with E-state index in [1.165, 1.54) is 75.4 Å². The second kappa shape index (κ2) is 12.0. The Bertz CT molecular complexity index is 660. The molecule has 0 amide bonds. The van der Waals surface area contributed by atoms with Crippen LogP contribution in [0.5, 0.6) is 0 Å². The highest BCUT2D eigenvalue weighted by molar-refractivity contribution is 14.0. The molecule has 3 aliphatic rings. The van der Waals surface area contributed by atoms with Crippen molar-refractivity contribution in [2.45, 2.75) is 70.5 Å². The molecule has 0 spiro atoms. The molecule has 0 bridgehead atoms. The van der Waals surface area contributed by atoms with Crippen LogP contribution in [0.1, 0.15) is 56.2 Å². The van der Waals surface area contributed by atoms with Crippen molar-refractivity contribution in [2.75, 3.05) is 39.8 Å². The van der Waals surface area contributed by atoms with Crippen LogP contribution in [0.25, 0.3) is 0 Å². The standard InChI is InChI=1S/C22H38N6S.HI/c1-3-21-25-19(16-29-21)15-27-10-6-17(7-11-27)14-24-22(23-2)26-18-8-12-28(13-9-18)20-4-5-20;/h16-18,20H,3-15H2,1-2H3,(H2,23,24,26);1H. The van der Waals surface area contributed by atoms with E-state index < -0.39 is 0 Å². The zero-order valence-corrected chi connectivity index (χ0v) is 21.8. The minimum absolute atomic E-state index is 0. The van der Waals surface area contributed by atoms with Gasteiger partial charge in [0.05, 0.1) is 10.7 Å². The number of thiazole rings is 1. The number of guanidine groups is 1.